The molecule has 1 aromatic heterocycles. The number of rotatable bonds is 5. The Bertz CT molecular complexity index is 1160. The number of non-ortho nitro benzene ring substituents is 1. The first-order valence-electron chi connectivity index (χ1n) is 8.76. The summed E-state index contributed by atoms with van der Waals surface area (Å²) in [7, 11) is 0. The Morgan fingerprint density at radius 3 is 2.10 bits per heavy atom. The predicted octanol–water partition coefficient (Wildman–Crippen LogP) is 4.09. The number of nitrogens with zero attached hydrogens (tertiary/aromatic N) is 4. The minimum absolute atomic E-state index is 0.0261. The Kier molecular flexibility index (Phi) is 4.81. The van der Waals surface area contributed by atoms with Crippen molar-refractivity contribution in [3.8, 4) is 16.9 Å². The summed E-state index contributed by atoms with van der Waals surface area (Å²) in [5, 5.41) is 22.6. The summed E-state index contributed by atoms with van der Waals surface area (Å²) in [6, 6.07) is 24.0. The van der Waals surface area contributed by atoms with Crippen molar-refractivity contribution in [1.29, 1.82) is 0 Å². The van der Waals surface area contributed by atoms with Crippen LogP contribution in [0.25, 0.3) is 16.9 Å². The van der Waals surface area contributed by atoms with Crippen LogP contribution in [0.15, 0.2) is 84.9 Å². The smallest absolute Gasteiger partial charge is 0.269 e. The second-order valence-electron chi connectivity index (χ2n) is 6.15. The SMILES string of the molecule is O=C(Nc1nn(-c2ccc([N+](=O)[O-])cc2)nc1-c1ccccc1)c1ccccc1. The summed E-state index contributed by atoms with van der Waals surface area (Å²) in [5.74, 6) is -0.0121. The van der Waals surface area contributed by atoms with Crippen LogP contribution < -0.4 is 5.32 Å². The van der Waals surface area contributed by atoms with Crippen molar-refractivity contribution in [3.05, 3.63) is 101 Å². The largest absolute Gasteiger partial charge is 0.303 e. The van der Waals surface area contributed by atoms with Gasteiger partial charge < -0.3 is 5.32 Å². The van der Waals surface area contributed by atoms with Gasteiger partial charge in [0.05, 0.1) is 10.6 Å². The fourth-order valence-electron chi connectivity index (χ4n) is 2.77. The van der Waals surface area contributed by atoms with E-state index in [0.29, 0.717) is 22.8 Å². The maximum absolute atomic E-state index is 12.6. The molecule has 1 heterocycles. The highest BCUT2D eigenvalue weighted by Gasteiger charge is 2.17. The van der Waals surface area contributed by atoms with E-state index in [-0.39, 0.29) is 11.6 Å². The lowest BCUT2D eigenvalue weighted by molar-refractivity contribution is -0.384. The van der Waals surface area contributed by atoms with Crippen LogP contribution in [-0.2, 0) is 0 Å². The fourth-order valence-corrected chi connectivity index (χ4v) is 2.77. The molecule has 8 nitrogen and oxygen atoms in total. The van der Waals surface area contributed by atoms with Crippen molar-refractivity contribution >= 4 is 17.4 Å². The Balaban J connectivity index is 1.73. The van der Waals surface area contributed by atoms with Crippen LogP contribution in [0.5, 0.6) is 0 Å². The van der Waals surface area contributed by atoms with Crippen molar-refractivity contribution in [1.82, 2.24) is 15.0 Å². The standard InChI is InChI=1S/C21H15N5O3/c27-21(16-9-5-2-6-10-16)22-20-19(15-7-3-1-4-8-15)23-25(24-20)17-11-13-18(14-12-17)26(28)29/h1-14H,(H,22,24,27). The van der Waals surface area contributed by atoms with Crippen molar-refractivity contribution in [2.45, 2.75) is 0 Å². The van der Waals surface area contributed by atoms with Crippen LogP contribution >= 0.6 is 0 Å². The highest BCUT2D eigenvalue weighted by Crippen LogP contribution is 2.26. The number of carbonyl (C=O) groups is 1. The third-order valence-electron chi connectivity index (χ3n) is 4.22. The number of hydrogen-bond donors (Lipinski definition) is 1. The highest BCUT2D eigenvalue weighted by molar-refractivity contribution is 6.05. The number of hydrogen-bond acceptors (Lipinski definition) is 5. The molecule has 0 atom stereocenters. The van der Waals surface area contributed by atoms with E-state index in [1.54, 1.807) is 36.4 Å². The lowest BCUT2D eigenvalue weighted by Gasteiger charge is -2.03. The summed E-state index contributed by atoms with van der Waals surface area (Å²) in [4.78, 5) is 24.3. The van der Waals surface area contributed by atoms with Gasteiger partial charge >= 0.3 is 0 Å². The molecule has 0 radical (unpaired) electrons. The summed E-state index contributed by atoms with van der Waals surface area (Å²) >= 11 is 0. The van der Waals surface area contributed by atoms with Gasteiger partial charge in [-0.2, -0.15) is 0 Å². The summed E-state index contributed by atoms with van der Waals surface area (Å²) in [6.45, 7) is 0. The molecular formula is C21H15N5O3. The maximum atomic E-state index is 12.6. The van der Waals surface area contributed by atoms with Gasteiger partial charge in [-0.05, 0) is 24.3 Å². The molecule has 0 saturated heterocycles. The molecule has 0 saturated carbocycles. The predicted molar refractivity (Wildman–Crippen MR) is 108 cm³/mol. The number of nitro benzene ring substituents is 1. The number of nitro groups is 1. The van der Waals surface area contributed by atoms with E-state index >= 15 is 0 Å². The summed E-state index contributed by atoms with van der Waals surface area (Å²) < 4.78 is 0. The van der Waals surface area contributed by atoms with E-state index in [1.807, 2.05) is 36.4 Å². The van der Waals surface area contributed by atoms with E-state index in [9.17, 15) is 14.9 Å². The van der Waals surface area contributed by atoms with Gasteiger partial charge in [0.2, 0.25) is 0 Å². The van der Waals surface area contributed by atoms with Gasteiger partial charge in [-0.25, -0.2) is 0 Å². The van der Waals surface area contributed by atoms with Crippen LogP contribution in [0.1, 0.15) is 10.4 Å². The number of aromatic nitrogens is 3. The van der Waals surface area contributed by atoms with Crippen LogP contribution in [0.2, 0.25) is 0 Å². The van der Waals surface area contributed by atoms with Gasteiger partial charge in [0, 0.05) is 23.3 Å². The highest BCUT2D eigenvalue weighted by atomic mass is 16.6. The number of benzene rings is 3. The van der Waals surface area contributed by atoms with Crippen LogP contribution in [0.4, 0.5) is 11.5 Å². The topological polar surface area (TPSA) is 103 Å². The van der Waals surface area contributed by atoms with Crippen molar-refractivity contribution in [2.24, 2.45) is 0 Å². The van der Waals surface area contributed by atoms with Gasteiger partial charge in [0.1, 0.15) is 5.69 Å². The van der Waals surface area contributed by atoms with Gasteiger partial charge in [-0.3, -0.25) is 14.9 Å². The molecule has 3 aromatic carbocycles. The normalized spacial score (nSPS) is 10.5. The number of nitrogens with one attached hydrogen (secondary N) is 1. The second-order valence-corrected chi connectivity index (χ2v) is 6.15. The molecule has 0 bridgehead atoms. The molecule has 0 fully saturated rings. The van der Waals surface area contributed by atoms with Gasteiger partial charge in [0.25, 0.3) is 11.6 Å². The van der Waals surface area contributed by atoms with E-state index in [4.69, 9.17) is 0 Å². The first-order chi connectivity index (χ1) is 14.1. The van der Waals surface area contributed by atoms with E-state index in [2.05, 4.69) is 15.5 Å². The zero-order chi connectivity index (χ0) is 20.2. The summed E-state index contributed by atoms with van der Waals surface area (Å²) in [6.07, 6.45) is 0. The molecule has 142 valence electrons. The Hall–Kier alpha value is -4.33. The van der Waals surface area contributed by atoms with Gasteiger partial charge in [-0.15, -0.1) is 15.0 Å². The number of carbonyl (C=O) groups excluding carboxylic acids is 1. The molecule has 0 spiro atoms. The Morgan fingerprint density at radius 1 is 0.862 bits per heavy atom. The number of amides is 1. The third-order valence-corrected chi connectivity index (χ3v) is 4.22. The van der Waals surface area contributed by atoms with E-state index in [0.717, 1.165) is 5.56 Å². The molecule has 8 heteroatoms. The lowest BCUT2D eigenvalue weighted by atomic mass is 10.1. The molecule has 4 aromatic rings. The van der Waals surface area contributed by atoms with E-state index in [1.165, 1.54) is 16.9 Å². The average Bonchev–Trinajstić information content (AvgIpc) is 3.19. The minimum atomic E-state index is -0.471. The zero-order valence-electron chi connectivity index (χ0n) is 15.1. The van der Waals surface area contributed by atoms with Crippen LogP contribution in [-0.4, -0.2) is 25.8 Å². The molecule has 29 heavy (non-hydrogen) atoms. The Labute approximate surface area is 165 Å². The fraction of sp³-hybridized carbons (Fsp3) is 0. The number of anilines is 1. The molecule has 0 aliphatic rings. The maximum Gasteiger partial charge on any atom is 0.269 e. The minimum Gasteiger partial charge on any atom is -0.303 e. The molecule has 1 amide bonds. The Morgan fingerprint density at radius 2 is 1.48 bits per heavy atom. The van der Waals surface area contributed by atoms with Crippen LogP contribution in [0, 0.1) is 10.1 Å². The first-order valence-corrected chi connectivity index (χ1v) is 8.76. The second kappa shape index (κ2) is 7.73. The molecule has 0 aliphatic carbocycles. The van der Waals surface area contributed by atoms with Crippen LogP contribution in [0.3, 0.4) is 0 Å². The van der Waals surface area contributed by atoms with Crippen molar-refractivity contribution in [3.63, 3.8) is 0 Å². The monoisotopic (exact) mass is 385 g/mol. The molecule has 4 rings (SSSR count). The lowest BCUT2D eigenvalue weighted by Crippen LogP contribution is -2.13. The van der Waals surface area contributed by atoms with Crippen molar-refractivity contribution in [2.75, 3.05) is 5.32 Å². The van der Waals surface area contributed by atoms with Crippen molar-refractivity contribution < 1.29 is 9.72 Å². The molecule has 1 N–H and O–H groups in total. The first kappa shape index (κ1) is 18.1. The third kappa shape index (κ3) is 3.86. The zero-order valence-corrected chi connectivity index (χ0v) is 15.1. The average molecular weight is 385 g/mol. The van der Waals surface area contributed by atoms with Gasteiger partial charge in [0.15, 0.2) is 5.82 Å². The molecule has 0 unspecified atom stereocenters. The van der Waals surface area contributed by atoms with Gasteiger partial charge in [-0.1, -0.05) is 48.5 Å². The molecule has 0 aliphatic heterocycles. The quantitative estimate of drug-likeness (QED) is 0.412. The van der Waals surface area contributed by atoms with E-state index < -0.39 is 4.92 Å². The summed E-state index contributed by atoms with van der Waals surface area (Å²) in [5.41, 5.74) is 2.28. The molecular weight excluding hydrogens is 370 g/mol.